The minimum Gasteiger partial charge on any atom is -0.480 e. The predicted molar refractivity (Wildman–Crippen MR) is 134 cm³/mol. The van der Waals surface area contributed by atoms with Crippen molar-refractivity contribution >= 4 is 43.4 Å². The molecular weight excluding hydrogens is 521 g/mol. The van der Waals surface area contributed by atoms with Gasteiger partial charge in [0, 0.05) is 20.1 Å². The molecule has 0 amide bonds. The summed E-state index contributed by atoms with van der Waals surface area (Å²) in [5.74, 6) is -6.54. The van der Waals surface area contributed by atoms with E-state index in [1.165, 1.54) is 0 Å². The molecular formula is C16H38N11O9P. The third-order valence-electron chi connectivity index (χ3n) is 3.86. The largest absolute Gasteiger partial charge is 0.480 e. The van der Waals surface area contributed by atoms with Crippen molar-refractivity contribution in [2.45, 2.75) is 43.5 Å². The molecule has 20 N–H and O–H groups in total. The number of likely N-dealkylation sites (N-methyl/N-ethyl adjacent to an activating group) is 1. The van der Waals surface area contributed by atoms with Gasteiger partial charge in [-0.2, -0.15) is 0 Å². The number of aliphatic carboxylic acids is 3. The summed E-state index contributed by atoms with van der Waals surface area (Å²) in [6, 6.07) is -1.64. The normalized spacial score (nSPS) is 12.6. The van der Waals surface area contributed by atoms with Crippen LogP contribution in [-0.2, 0) is 18.9 Å². The summed E-state index contributed by atoms with van der Waals surface area (Å²) in [5, 5.41) is 32.0. The highest BCUT2D eigenvalue weighted by Gasteiger charge is 2.40. The molecule has 37 heavy (non-hydrogen) atoms. The fourth-order valence-electron chi connectivity index (χ4n) is 1.95. The Balaban J connectivity index is -0.000000469. The highest BCUT2D eigenvalue weighted by molar-refractivity contribution is 7.53. The Morgan fingerprint density at radius 1 is 0.811 bits per heavy atom. The van der Waals surface area contributed by atoms with E-state index < -0.39 is 49.3 Å². The Hall–Kier alpha value is -3.71. The van der Waals surface area contributed by atoms with Crippen LogP contribution in [0.15, 0.2) is 9.98 Å². The average molecular weight is 560 g/mol. The van der Waals surface area contributed by atoms with Gasteiger partial charge >= 0.3 is 25.5 Å². The summed E-state index contributed by atoms with van der Waals surface area (Å²) in [4.78, 5) is 55.9. The van der Waals surface area contributed by atoms with Crippen LogP contribution in [0.2, 0.25) is 0 Å². The topological polar surface area (TPSA) is 403 Å². The van der Waals surface area contributed by atoms with Gasteiger partial charge in [-0.1, -0.05) is 0 Å². The molecule has 0 aromatic heterocycles. The van der Waals surface area contributed by atoms with Crippen LogP contribution in [0, 0.1) is 5.41 Å². The molecule has 0 saturated carbocycles. The minimum absolute atomic E-state index is 0.0129. The van der Waals surface area contributed by atoms with Crippen LogP contribution >= 0.6 is 7.60 Å². The number of carboxylic acid groups (broad SMARTS) is 3. The van der Waals surface area contributed by atoms with Crippen LogP contribution in [0.25, 0.3) is 0 Å². The molecule has 3 atom stereocenters. The number of nitrogens with zero attached hydrogens (tertiary/aromatic N) is 3. The van der Waals surface area contributed by atoms with Gasteiger partial charge in [-0.05, 0) is 25.7 Å². The van der Waals surface area contributed by atoms with Gasteiger partial charge in [0.25, 0.3) is 0 Å². The van der Waals surface area contributed by atoms with Crippen molar-refractivity contribution in [3.63, 3.8) is 0 Å². The molecule has 0 aliphatic carbocycles. The second kappa shape index (κ2) is 19.5. The van der Waals surface area contributed by atoms with E-state index in [2.05, 4.69) is 9.98 Å². The lowest BCUT2D eigenvalue weighted by atomic mass is 10.2. The number of rotatable bonds is 13. The third-order valence-corrected chi connectivity index (χ3v) is 5.06. The van der Waals surface area contributed by atoms with Crippen molar-refractivity contribution in [2.24, 2.45) is 50.1 Å². The van der Waals surface area contributed by atoms with E-state index in [9.17, 15) is 18.9 Å². The maximum absolute atomic E-state index is 10.6. The second-order valence-corrected chi connectivity index (χ2v) is 8.75. The Labute approximate surface area is 212 Å². The first-order valence-corrected chi connectivity index (χ1v) is 11.9. The van der Waals surface area contributed by atoms with Crippen molar-refractivity contribution in [1.82, 2.24) is 4.90 Å². The Morgan fingerprint density at radius 2 is 1.14 bits per heavy atom. The number of hydrogen-bond donors (Lipinski definition) is 13. The van der Waals surface area contributed by atoms with E-state index >= 15 is 0 Å². The molecule has 21 heteroatoms. The van der Waals surface area contributed by atoms with E-state index in [0.717, 1.165) is 7.05 Å². The zero-order chi connectivity index (χ0) is 29.9. The number of guanidine groups is 3. The van der Waals surface area contributed by atoms with Crippen molar-refractivity contribution in [3.8, 4) is 0 Å². The lowest BCUT2D eigenvalue weighted by molar-refractivity contribution is -0.140. The zero-order valence-electron chi connectivity index (χ0n) is 20.2. The molecule has 0 aromatic rings. The summed E-state index contributed by atoms with van der Waals surface area (Å²) in [7, 11) is -3.82. The molecule has 0 fully saturated rings. The number of carbonyl (C=O) groups is 3. The smallest absolute Gasteiger partial charge is 0.359 e. The quantitative estimate of drug-likeness (QED) is 0.0436. The lowest BCUT2D eigenvalue weighted by Crippen LogP contribution is -2.45. The molecule has 0 saturated heterocycles. The fourth-order valence-corrected chi connectivity index (χ4v) is 2.82. The zero-order valence-corrected chi connectivity index (χ0v) is 21.1. The van der Waals surface area contributed by atoms with Gasteiger partial charge in [0.2, 0.25) is 5.78 Å². The van der Waals surface area contributed by atoms with Crippen molar-refractivity contribution < 1.29 is 44.1 Å². The molecule has 0 spiro atoms. The van der Waals surface area contributed by atoms with Gasteiger partial charge < -0.3 is 70.1 Å². The van der Waals surface area contributed by atoms with E-state index in [0.29, 0.717) is 43.7 Å². The Bertz CT molecular complexity index is 802. The van der Waals surface area contributed by atoms with Gasteiger partial charge in [-0.3, -0.25) is 29.5 Å². The Morgan fingerprint density at radius 3 is 1.30 bits per heavy atom. The van der Waals surface area contributed by atoms with E-state index in [1.54, 1.807) is 0 Å². The molecule has 20 nitrogen and oxygen atoms in total. The SMILES string of the molecule is CN(C(=N)N)C(C(=O)O)P(=O)(O)O.NC(N)=NCCC[C@H](N)C(=O)O.NC(N)=NCCC[C@H](N)C(=O)O. The van der Waals surface area contributed by atoms with E-state index in [1.807, 2.05) is 0 Å². The highest BCUT2D eigenvalue weighted by atomic mass is 31.2. The number of nitrogens with one attached hydrogen (secondary N) is 1. The maximum Gasteiger partial charge on any atom is 0.359 e. The van der Waals surface area contributed by atoms with Gasteiger partial charge in [0.15, 0.2) is 17.9 Å². The number of nitrogens with two attached hydrogens (primary N) is 7. The van der Waals surface area contributed by atoms with Gasteiger partial charge in [-0.25, -0.2) is 4.79 Å². The van der Waals surface area contributed by atoms with Crippen LogP contribution in [0.4, 0.5) is 0 Å². The number of aliphatic imine (C=N–C) groups is 2. The molecule has 1 unspecified atom stereocenters. The van der Waals surface area contributed by atoms with E-state index in [-0.39, 0.29) is 11.9 Å². The molecule has 0 rings (SSSR count). The van der Waals surface area contributed by atoms with Crippen LogP contribution in [0.1, 0.15) is 25.7 Å². The molecule has 0 aliphatic heterocycles. The summed E-state index contributed by atoms with van der Waals surface area (Å²) in [6.07, 6.45) is 1.91. The molecule has 0 bridgehead atoms. The molecule has 0 aromatic carbocycles. The third kappa shape index (κ3) is 22.5. The Kier molecular flexibility index (Phi) is 19.9. The predicted octanol–water partition coefficient (Wildman–Crippen LogP) is -4.70. The lowest BCUT2D eigenvalue weighted by Gasteiger charge is -2.24. The summed E-state index contributed by atoms with van der Waals surface area (Å²) < 4.78 is 10.6. The molecule has 0 radical (unpaired) electrons. The van der Waals surface area contributed by atoms with Crippen LogP contribution in [-0.4, -0.2) is 104 Å². The highest BCUT2D eigenvalue weighted by Crippen LogP contribution is 2.42. The van der Waals surface area contributed by atoms with Gasteiger partial charge in [-0.15, -0.1) is 0 Å². The van der Waals surface area contributed by atoms with Crippen molar-refractivity contribution in [3.05, 3.63) is 0 Å². The first-order valence-electron chi connectivity index (χ1n) is 10.2. The molecule has 0 heterocycles. The van der Waals surface area contributed by atoms with Crippen molar-refractivity contribution in [2.75, 3.05) is 20.1 Å². The van der Waals surface area contributed by atoms with Crippen LogP contribution < -0.4 is 40.1 Å². The van der Waals surface area contributed by atoms with Crippen LogP contribution in [0.3, 0.4) is 0 Å². The average Bonchev–Trinajstić information content (AvgIpc) is 2.73. The van der Waals surface area contributed by atoms with Gasteiger partial charge in [0.05, 0.1) is 0 Å². The van der Waals surface area contributed by atoms with Crippen molar-refractivity contribution in [1.29, 1.82) is 5.41 Å². The van der Waals surface area contributed by atoms with E-state index in [4.69, 9.17) is 70.7 Å². The summed E-state index contributed by atoms with van der Waals surface area (Å²) in [6.45, 7) is 0.840. The number of carboxylic acids is 3. The number of hydrogen-bond acceptors (Lipinski definition) is 9. The second-order valence-electron chi connectivity index (χ2n) is 7.08. The van der Waals surface area contributed by atoms with Gasteiger partial charge in [0.1, 0.15) is 12.1 Å². The monoisotopic (exact) mass is 559 g/mol. The molecule has 216 valence electrons. The summed E-state index contributed by atoms with van der Waals surface area (Å²) in [5.41, 5.74) is 35.5. The maximum atomic E-state index is 10.6. The standard InChI is InChI=1S/2C6H14N4O2.C4H10N3O5P/c2*7-4(5(11)12)2-1-3-10-6(8)9;1-7(4(5)6)2(3(8)9)13(10,11)12/h2*4H,1-3,7H2,(H,11,12)(H4,8,9,10);2H,1H3,(H3,5,6)(H,8,9)(H2,10,11,12)/t2*4-;/m00./s1. The first kappa shape index (κ1) is 37.8. The first-order chi connectivity index (χ1) is 16.7. The fraction of sp³-hybridized carbons (Fsp3) is 0.625. The summed E-state index contributed by atoms with van der Waals surface area (Å²) >= 11 is 0. The van der Waals surface area contributed by atoms with Crippen LogP contribution in [0.5, 0.6) is 0 Å². The molecule has 0 aliphatic rings. The minimum atomic E-state index is -4.84.